The Morgan fingerprint density at radius 3 is 2.50 bits per heavy atom. The maximum atomic E-state index is 12.7. The number of Topliss-reactive ketones (excluding diaryl/α,β-unsaturated/α-hetero) is 1. The molecular weight excluding hydrogens is 346 g/mol. The lowest BCUT2D eigenvalue weighted by Crippen LogP contribution is -2.62. The summed E-state index contributed by atoms with van der Waals surface area (Å²) in [4.78, 5) is 28.7. The molecule has 1 fully saturated rings. The van der Waals surface area contributed by atoms with Gasteiger partial charge in [-0.1, -0.05) is 33.6 Å². The summed E-state index contributed by atoms with van der Waals surface area (Å²) < 4.78 is 0.755. The largest absolute Gasteiger partial charge is 0.293 e. The molecule has 1 atom stereocenters. The van der Waals surface area contributed by atoms with Gasteiger partial charge < -0.3 is 0 Å². The summed E-state index contributed by atoms with van der Waals surface area (Å²) >= 11 is 9.86. The van der Waals surface area contributed by atoms with Gasteiger partial charge in [-0.3, -0.25) is 14.4 Å². The summed E-state index contributed by atoms with van der Waals surface area (Å²) in [6.45, 7) is 5.01. The van der Waals surface area contributed by atoms with Gasteiger partial charge in [0.2, 0.25) is 10.7 Å². The molecule has 0 aliphatic carbocycles. The number of amides is 1. The fourth-order valence-electron chi connectivity index (χ4n) is 2.36. The Morgan fingerprint density at radius 1 is 1.30 bits per heavy atom. The van der Waals surface area contributed by atoms with Gasteiger partial charge in [0, 0.05) is 11.5 Å². The number of hydroxylamine groups is 2. The third-order valence-electron chi connectivity index (χ3n) is 3.38. The molecule has 0 spiro atoms. The lowest BCUT2D eigenvalue weighted by Gasteiger charge is -2.42. The van der Waals surface area contributed by atoms with Gasteiger partial charge in [0.1, 0.15) is 0 Å². The van der Waals surface area contributed by atoms with E-state index in [1.807, 2.05) is 19.1 Å². The second-order valence-electron chi connectivity index (χ2n) is 5.35. The number of rotatable bonds is 1. The topological polar surface area (TPSA) is 46.6 Å². The molecule has 4 nitrogen and oxygen atoms in total. The molecule has 6 heteroatoms. The molecule has 1 aliphatic rings. The first-order valence-corrected chi connectivity index (χ1v) is 7.25. The number of nitrogens with zero attached hydrogens (tertiary/aromatic N) is 1. The molecule has 0 saturated carbocycles. The normalized spacial score (nSPS) is 26.0. The highest BCUT2D eigenvalue weighted by molar-refractivity contribution is 9.10. The molecule has 0 aromatic heterocycles. The molecule has 2 rings (SSSR count). The smallest absolute Gasteiger partial charge is 0.279 e. The van der Waals surface area contributed by atoms with E-state index < -0.39 is 22.2 Å². The number of hydrogen-bond donors (Lipinski definition) is 0. The van der Waals surface area contributed by atoms with Gasteiger partial charge in [-0.05, 0) is 44.0 Å². The van der Waals surface area contributed by atoms with Crippen LogP contribution in [0.5, 0.6) is 0 Å². The summed E-state index contributed by atoms with van der Waals surface area (Å²) in [6, 6.07) is 5.35. The van der Waals surface area contributed by atoms with Crippen molar-refractivity contribution in [1.29, 1.82) is 0 Å². The highest BCUT2D eigenvalue weighted by Crippen LogP contribution is 2.42. The number of likely N-dealkylation sites (N-methyl/N-ethyl adjacent to an activating group) is 1. The summed E-state index contributed by atoms with van der Waals surface area (Å²) in [5.74, 6) is -1.04. The van der Waals surface area contributed by atoms with Crippen molar-refractivity contribution >= 4 is 39.2 Å². The number of aryl methyl sites for hydroxylation is 1. The van der Waals surface area contributed by atoms with Crippen LogP contribution in [0, 0.1) is 6.92 Å². The number of halogens is 2. The summed E-state index contributed by atoms with van der Waals surface area (Å²) in [5, 5.41) is 1.04. The lowest BCUT2D eigenvalue weighted by atomic mass is 9.82. The van der Waals surface area contributed by atoms with Gasteiger partial charge in [0.05, 0.1) is 0 Å². The van der Waals surface area contributed by atoms with Crippen LogP contribution in [0.15, 0.2) is 22.7 Å². The van der Waals surface area contributed by atoms with Gasteiger partial charge in [0.25, 0.3) is 5.91 Å². The van der Waals surface area contributed by atoms with Crippen molar-refractivity contribution in [3.63, 3.8) is 0 Å². The summed E-state index contributed by atoms with van der Waals surface area (Å²) in [5.41, 5.74) is 0.0851. The summed E-state index contributed by atoms with van der Waals surface area (Å²) in [7, 11) is 1.46. The highest BCUT2D eigenvalue weighted by Gasteiger charge is 2.58. The van der Waals surface area contributed by atoms with Gasteiger partial charge >= 0.3 is 0 Å². The Kier molecular flexibility index (Phi) is 3.73. The molecule has 1 aromatic rings. The first kappa shape index (κ1) is 15.5. The van der Waals surface area contributed by atoms with Crippen molar-refractivity contribution in [3.05, 3.63) is 33.8 Å². The molecule has 1 aliphatic heterocycles. The first-order chi connectivity index (χ1) is 9.10. The van der Waals surface area contributed by atoms with Gasteiger partial charge in [-0.15, -0.1) is 0 Å². The zero-order valence-corrected chi connectivity index (χ0v) is 14.0. The average molecular weight is 361 g/mol. The van der Waals surface area contributed by atoms with E-state index in [-0.39, 0.29) is 0 Å². The molecule has 1 unspecified atom stereocenters. The second-order valence-corrected chi connectivity index (χ2v) is 6.83. The van der Waals surface area contributed by atoms with Crippen LogP contribution >= 0.6 is 27.5 Å². The minimum atomic E-state index is -1.76. The van der Waals surface area contributed by atoms with Crippen LogP contribution in [0.2, 0.25) is 0 Å². The zero-order valence-electron chi connectivity index (χ0n) is 11.7. The van der Waals surface area contributed by atoms with Crippen molar-refractivity contribution in [2.45, 2.75) is 31.2 Å². The van der Waals surface area contributed by atoms with Gasteiger partial charge in [-0.2, -0.15) is 0 Å². The number of carbonyl (C=O) groups excluding carboxylic acids is 2. The molecule has 0 bridgehead atoms. The SMILES string of the molecule is Cc1ccc(Br)cc1C1(Cl)C(=O)N(C)OC(C)(C)C1=O. The van der Waals surface area contributed by atoms with E-state index in [0.717, 1.165) is 15.1 Å². The van der Waals surface area contributed by atoms with Crippen LogP contribution in [0.3, 0.4) is 0 Å². The Bertz CT molecular complexity index is 602. The standard InChI is InChI=1S/C14H15BrClNO3/c1-8-5-6-9(15)7-10(8)14(16)11(18)13(2,3)20-17(4)12(14)19/h5-7H,1-4H3. The van der Waals surface area contributed by atoms with E-state index in [1.54, 1.807) is 19.9 Å². The molecule has 20 heavy (non-hydrogen) atoms. The van der Waals surface area contributed by atoms with Crippen LogP contribution in [-0.4, -0.2) is 29.4 Å². The molecule has 0 radical (unpaired) electrons. The lowest BCUT2D eigenvalue weighted by molar-refractivity contribution is -0.236. The molecule has 1 saturated heterocycles. The van der Waals surface area contributed by atoms with Crippen LogP contribution in [0.4, 0.5) is 0 Å². The average Bonchev–Trinajstić information content (AvgIpc) is 2.37. The van der Waals surface area contributed by atoms with Crippen molar-refractivity contribution in [1.82, 2.24) is 5.06 Å². The minimum absolute atomic E-state index is 0.462. The number of alkyl halides is 1. The Balaban J connectivity index is 2.69. The zero-order chi connectivity index (χ0) is 15.3. The predicted molar refractivity (Wildman–Crippen MR) is 79.4 cm³/mol. The summed E-state index contributed by atoms with van der Waals surface area (Å²) in [6.07, 6.45) is 0. The quantitative estimate of drug-likeness (QED) is 0.571. The van der Waals surface area contributed by atoms with Gasteiger partial charge in [-0.25, -0.2) is 5.06 Å². The van der Waals surface area contributed by atoms with Crippen LogP contribution < -0.4 is 0 Å². The number of carbonyl (C=O) groups is 2. The van der Waals surface area contributed by atoms with E-state index in [0.29, 0.717) is 5.56 Å². The molecule has 108 valence electrons. The maximum absolute atomic E-state index is 12.7. The predicted octanol–water partition coefficient (Wildman–Crippen LogP) is 2.94. The van der Waals surface area contributed by atoms with E-state index in [1.165, 1.54) is 7.05 Å². The fraction of sp³-hybridized carbons (Fsp3) is 0.429. The minimum Gasteiger partial charge on any atom is -0.293 e. The Hall–Kier alpha value is -0.910. The van der Waals surface area contributed by atoms with Gasteiger partial charge in [0.15, 0.2) is 5.60 Å². The Morgan fingerprint density at radius 2 is 1.90 bits per heavy atom. The van der Waals surface area contributed by atoms with E-state index in [2.05, 4.69) is 15.9 Å². The van der Waals surface area contributed by atoms with Crippen LogP contribution in [-0.2, 0) is 19.3 Å². The van der Waals surface area contributed by atoms with E-state index in [9.17, 15) is 9.59 Å². The van der Waals surface area contributed by atoms with E-state index >= 15 is 0 Å². The third kappa shape index (κ3) is 2.18. The van der Waals surface area contributed by atoms with Crippen molar-refractivity contribution in [2.24, 2.45) is 0 Å². The maximum Gasteiger partial charge on any atom is 0.279 e. The number of ketones is 1. The molecule has 1 amide bonds. The molecule has 1 heterocycles. The second kappa shape index (κ2) is 4.83. The molecule has 0 N–H and O–H groups in total. The third-order valence-corrected chi connectivity index (χ3v) is 4.41. The van der Waals surface area contributed by atoms with Crippen LogP contribution in [0.1, 0.15) is 25.0 Å². The van der Waals surface area contributed by atoms with Crippen molar-refractivity contribution in [3.8, 4) is 0 Å². The first-order valence-electron chi connectivity index (χ1n) is 6.08. The number of hydrogen-bond acceptors (Lipinski definition) is 3. The monoisotopic (exact) mass is 359 g/mol. The van der Waals surface area contributed by atoms with Crippen LogP contribution in [0.25, 0.3) is 0 Å². The van der Waals surface area contributed by atoms with E-state index in [4.69, 9.17) is 16.4 Å². The molecular formula is C14H15BrClNO3. The fourth-order valence-corrected chi connectivity index (χ4v) is 3.27. The van der Waals surface area contributed by atoms with Crippen molar-refractivity contribution in [2.75, 3.05) is 7.05 Å². The molecule has 1 aromatic carbocycles. The number of benzene rings is 1. The Labute approximate surface area is 131 Å². The van der Waals surface area contributed by atoms with Crippen molar-refractivity contribution < 1.29 is 14.4 Å². The highest BCUT2D eigenvalue weighted by atomic mass is 79.9.